The maximum atomic E-state index is 9.48. The Morgan fingerprint density at radius 1 is 1.11 bits per heavy atom. The van der Waals surface area contributed by atoms with Crippen molar-refractivity contribution in [2.45, 2.75) is 82.8 Å². The largest absolute Gasteiger partial charge is 0.396 e. The van der Waals surface area contributed by atoms with Crippen molar-refractivity contribution >= 4 is 0 Å². The van der Waals surface area contributed by atoms with Crippen LogP contribution in [-0.2, 0) is 0 Å². The van der Waals surface area contributed by atoms with E-state index in [9.17, 15) is 5.11 Å². The standard InChI is InChI=1S/C16H32N2O/c1-13(11-15-8-3-2-6-10-17-15)18-16-9-5-4-7-14(16)12-19/h13-19H,2-12H2,1H3. The molecule has 0 bridgehead atoms. The zero-order chi connectivity index (χ0) is 13.5. The number of hydrogen-bond acceptors (Lipinski definition) is 3. The van der Waals surface area contributed by atoms with Crippen LogP contribution in [0.15, 0.2) is 0 Å². The van der Waals surface area contributed by atoms with Gasteiger partial charge in [0.1, 0.15) is 0 Å². The lowest BCUT2D eigenvalue weighted by molar-refractivity contribution is 0.145. The Hall–Kier alpha value is -0.120. The summed E-state index contributed by atoms with van der Waals surface area (Å²) in [6.07, 6.45) is 11.7. The van der Waals surface area contributed by atoms with Crippen LogP contribution >= 0.6 is 0 Å². The molecule has 0 spiro atoms. The van der Waals surface area contributed by atoms with Crippen molar-refractivity contribution < 1.29 is 5.11 Å². The minimum absolute atomic E-state index is 0.353. The van der Waals surface area contributed by atoms with Gasteiger partial charge in [0, 0.05) is 24.7 Å². The van der Waals surface area contributed by atoms with Crippen molar-refractivity contribution in [2.75, 3.05) is 13.2 Å². The van der Waals surface area contributed by atoms with Gasteiger partial charge in [0.25, 0.3) is 0 Å². The molecule has 1 aliphatic carbocycles. The lowest BCUT2D eigenvalue weighted by Gasteiger charge is -2.34. The van der Waals surface area contributed by atoms with E-state index in [1.807, 2.05) is 0 Å². The van der Waals surface area contributed by atoms with Gasteiger partial charge in [0.05, 0.1) is 0 Å². The first-order valence-corrected chi connectivity index (χ1v) is 8.40. The molecule has 3 nitrogen and oxygen atoms in total. The Kier molecular flexibility index (Phi) is 6.62. The third kappa shape index (κ3) is 5.05. The molecular formula is C16H32N2O. The average molecular weight is 268 g/mol. The van der Waals surface area contributed by atoms with Crippen molar-refractivity contribution in [1.29, 1.82) is 0 Å². The number of hydrogen-bond donors (Lipinski definition) is 3. The molecule has 1 saturated heterocycles. The second-order valence-electron chi connectivity index (χ2n) is 6.64. The zero-order valence-corrected chi connectivity index (χ0v) is 12.5. The molecular weight excluding hydrogens is 236 g/mol. The maximum absolute atomic E-state index is 9.48. The summed E-state index contributed by atoms with van der Waals surface area (Å²) in [6.45, 7) is 3.86. The summed E-state index contributed by atoms with van der Waals surface area (Å²) in [7, 11) is 0. The minimum atomic E-state index is 0.353. The summed E-state index contributed by atoms with van der Waals surface area (Å²) < 4.78 is 0. The monoisotopic (exact) mass is 268 g/mol. The molecule has 3 heteroatoms. The van der Waals surface area contributed by atoms with Gasteiger partial charge >= 0.3 is 0 Å². The molecule has 1 heterocycles. The van der Waals surface area contributed by atoms with Crippen LogP contribution < -0.4 is 10.6 Å². The van der Waals surface area contributed by atoms with Gasteiger partial charge in [-0.05, 0) is 51.5 Å². The van der Waals surface area contributed by atoms with Gasteiger partial charge in [-0.15, -0.1) is 0 Å². The summed E-state index contributed by atoms with van der Waals surface area (Å²) in [5, 5.41) is 17.0. The average Bonchev–Trinajstić information content (AvgIpc) is 2.68. The lowest BCUT2D eigenvalue weighted by atomic mass is 9.84. The fourth-order valence-electron chi connectivity index (χ4n) is 3.81. The number of aliphatic hydroxyl groups is 1. The Bertz CT molecular complexity index is 239. The van der Waals surface area contributed by atoms with Crippen LogP contribution in [0, 0.1) is 5.92 Å². The van der Waals surface area contributed by atoms with Crippen molar-refractivity contribution in [3.8, 4) is 0 Å². The van der Waals surface area contributed by atoms with E-state index in [0.29, 0.717) is 30.7 Å². The van der Waals surface area contributed by atoms with Crippen LogP contribution in [0.3, 0.4) is 0 Å². The molecule has 0 aromatic heterocycles. The number of aliphatic hydroxyl groups excluding tert-OH is 1. The van der Waals surface area contributed by atoms with Crippen LogP contribution in [0.1, 0.15) is 64.7 Å². The van der Waals surface area contributed by atoms with Gasteiger partial charge in [-0.25, -0.2) is 0 Å². The first kappa shape index (κ1) is 15.3. The fourth-order valence-corrected chi connectivity index (χ4v) is 3.81. The van der Waals surface area contributed by atoms with Crippen LogP contribution in [-0.4, -0.2) is 36.4 Å². The van der Waals surface area contributed by atoms with E-state index in [0.717, 1.165) is 0 Å². The fraction of sp³-hybridized carbons (Fsp3) is 1.00. The molecule has 0 radical (unpaired) electrons. The second-order valence-corrected chi connectivity index (χ2v) is 6.64. The van der Waals surface area contributed by atoms with Crippen molar-refractivity contribution in [2.24, 2.45) is 5.92 Å². The highest BCUT2D eigenvalue weighted by atomic mass is 16.3. The van der Waals surface area contributed by atoms with E-state index in [2.05, 4.69) is 17.6 Å². The summed E-state index contributed by atoms with van der Waals surface area (Å²) in [5.41, 5.74) is 0. The molecule has 1 aliphatic heterocycles. The van der Waals surface area contributed by atoms with Crippen molar-refractivity contribution in [3.63, 3.8) is 0 Å². The SMILES string of the molecule is CC(CC1CCCCCN1)NC1CCCCC1CO. The van der Waals surface area contributed by atoms with Crippen LogP contribution in [0.25, 0.3) is 0 Å². The second kappa shape index (κ2) is 8.23. The van der Waals surface area contributed by atoms with E-state index >= 15 is 0 Å². The Morgan fingerprint density at radius 2 is 1.89 bits per heavy atom. The third-order valence-corrected chi connectivity index (χ3v) is 4.94. The molecule has 1 saturated carbocycles. The lowest BCUT2D eigenvalue weighted by Crippen LogP contribution is -2.46. The molecule has 112 valence electrons. The third-order valence-electron chi connectivity index (χ3n) is 4.94. The highest BCUT2D eigenvalue weighted by Gasteiger charge is 2.26. The molecule has 0 aromatic rings. The topological polar surface area (TPSA) is 44.3 Å². The van der Waals surface area contributed by atoms with Gasteiger partial charge in [0.15, 0.2) is 0 Å². The van der Waals surface area contributed by atoms with E-state index in [1.54, 1.807) is 0 Å². The molecule has 4 unspecified atom stereocenters. The van der Waals surface area contributed by atoms with Crippen LogP contribution in [0.2, 0.25) is 0 Å². The van der Waals surface area contributed by atoms with Crippen LogP contribution in [0.4, 0.5) is 0 Å². The molecule has 0 aromatic carbocycles. The molecule has 0 amide bonds. The summed E-state index contributed by atoms with van der Waals surface area (Å²) >= 11 is 0. The maximum Gasteiger partial charge on any atom is 0.0474 e. The predicted octanol–water partition coefficient (Wildman–Crippen LogP) is 2.44. The van der Waals surface area contributed by atoms with Gasteiger partial charge in [-0.2, -0.15) is 0 Å². The van der Waals surface area contributed by atoms with E-state index < -0.39 is 0 Å². The predicted molar refractivity (Wildman–Crippen MR) is 80.3 cm³/mol. The molecule has 3 N–H and O–H groups in total. The van der Waals surface area contributed by atoms with E-state index in [1.165, 1.54) is 64.3 Å². The number of rotatable bonds is 5. The van der Waals surface area contributed by atoms with Gasteiger partial charge < -0.3 is 15.7 Å². The Labute approximate surface area is 118 Å². The Morgan fingerprint density at radius 3 is 2.74 bits per heavy atom. The van der Waals surface area contributed by atoms with Crippen molar-refractivity contribution in [3.05, 3.63) is 0 Å². The summed E-state index contributed by atoms with van der Waals surface area (Å²) in [4.78, 5) is 0. The molecule has 19 heavy (non-hydrogen) atoms. The summed E-state index contributed by atoms with van der Waals surface area (Å²) in [5.74, 6) is 0.485. The van der Waals surface area contributed by atoms with Gasteiger partial charge in [-0.1, -0.05) is 25.7 Å². The zero-order valence-electron chi connectivity index (χ0n) is 12.5. The summed E-state index contributed by atoms with van der Waals surface area (Å²) in [6, 6.07) is 1.80. The molecule has 2 fully saturated rings. The van der Waals surface area contributed by atoms with Gasteiger partial charge in [-0.3, -0.25) is 0 Å². The van der Waals surface area contributed by atoms with Gasteiger partial charge in [0.2, 0.25) is 0 Å². The first-order valence-electron chi connectivity index (χ1n) is 8.40. The first-order chi connectivity index (χ1) is 9.29. The van der Waals surface area contributed by atoms with Crippen LogP contribution in [0.5, 0.6) is 0 Å². The van der Waals surface area contributed by atoms with E-state index in [-0.39, 0.29) is 0 Å². The molecule has 2 aliphatic rings. The van der Waals surface area contributed by atoms with E-state index in [4.69, 9.17) is 0 Å². The normalized spacial score (nSPS) is 34.7. The highest BCUT2D eigenvalue weighted by molar-refractivity contribution is 4.84. The quantitative estimate of drug-likeness (QED) is 0.717. The molecule has 4 atom stereocenters. The van der Waals surface area contributed by atoms with Crippen molar-refractivity contribution in [1.82, 2.24) is 10.6 Å². The minimum Gasteiger partial charge on any atom is -0.396 e. The number of nitrogens with one attached hydrogen (secondary N) is 2. The highest BCUT2D eigenvalue weighted by Crippen LogP contribution is 2.25. The smallest absolute Gasteiger partial charge is 0.0474 e. The Balaban J connectivity index is 1.74. The molecule has 2 rings (SSSR count).